The van der Waals surface area contributed by atoms with E-state index in [0.29, 0.717) is 25.1 Å². The molecule has 1 aromatic carbocycles. The fourth-order valence-electron chi connectivity index (χ4n) is 2.37. The van der Waals surface area contributed by atoms with E-state index in [2.05, 4.69) is 16.0 Å². The second-order valence-corrected chi connectivity index (χ2v) is 8.25. The van der Waals surface area contributed by atoms with E-state index in [1.54, 1.807) is 19.1 Å². The van der Waals surface area contributed by atoms with Crippen molar-refractivity contribution in [2.24, 2.45) is 5.92 Å². The van der Waals surface area contributed by atoms with Crippen LogP contribution in [0.4, 0.5) is 10.5 Å². The van der Waals surface area contributed by atoms with Crippen LogP contribution in [0.1, 0.15) is 53.5 Å². The molecule has 0 aliphatic carbocycles. The van der Waals surface area contributed by atoms with E-state index < -0.39 is 17.7 Å². The van der Waals surface area contributed by atoms with Gasteiger partial charge in [0.1, 0.15) is 11.6 Å². The molecule has 7 heteroatoms. The lowest BCUT2D eigenvalue weighted by Crippen LogP contribution is -2.41. The summed E-state index contributed by atoms with van der Waals surface area (Å²) in [6.45, 7) is 11.5. The van der Waals surface area contributed by atoms with Gasteiger partial charge in [-0.05, 0) is 57.7 Å². The van der Waals surface area contributed by atoms with Crippen molar-refractivity contribution in [3.8, 4) is 0 Å². The van der Waals surface area contributed by atoms with Gasteiger partial charge in [-0.2, -0.15) is 0 Å². The molecule has 1 rings (SSSR count). The molecule has 0 fully saturated rings. The Balaban J connectivity index is 2.42. The number of alkyl carbamates (subject to hydrolysis) is 1. The number of carbonyl (C=O) groups excluding carboxylic acids is 3. The normalized spacial score (nSPS) is 12.2. The molecule has 0 aliphatic rings. The Kier molecular flexibility index (Phi) is 8.96. The average Bonchev–Trinajstić information content (AvgIpc) is 2.53. The smallest absolute Gasteiger partial charge is 0.407 e. The van der Waals surface area contributed by atoms with Crippen LogP contribution in [0, 0.1) is 5.92 Å². The monoisotopic (exact) mass is 391 g/mol. The first-order chi connectivity index (χ1) is 13.0. The number of benzene rings is 1. The minimum Gasteiger partial charge on any atom is -0.444 e. The van der Waals surface area contributed by atoms with Crippen LogP contribution in [0.5, 0.6) is 0 Å². The molecule has 0 heterocycles. The number of hydrogen-bond acceptors (Lipinski definition) is 4. The van der Waals surface area contributed by atoms with Gasteiger partial charge >= 0.3 is 6.09 Å². The van der Waals surface area contributed by atoms with E-state index in [0.717, 1.165) is 5.56 Å². The Morgan fingerprint density at radius 3 is 2.18 bits per heavy atom. The number of rotatable bonds is 8. The molecule has 1 unspecified atom stereocenters. The standard InChI is InChI=1S/C21H33N3O4/c1-14(2)13-18(25)23-15(3)19(26)24-17-9-7-16(8-10-17)11-12-22-20(27)28-21(4,5)6/h7-10,14-15H,11-13H2,1-6H3,(H,22,27)(H,23,25)(H,24,26). The molecule has 0 spiro atoms. The van der Waals surface area contributed by atoms with E-state index in [1.807, 2.05) is 46.8 Å². The predicted octanol–water partition coefficient (Wildman–Crippen LogP) is 3.24. The van der Waals surface area contributed by atoms with Crippen LogP contribution in [-0.2, 0) is 20.7 Å². The minimum absolute atomic E-state index is 0.134. The van der Waals surface area contributed by atoms with Gasteiger partial charge in [0, 0.05) is 18.7 Å². The van der Waals surface area contributed by atoms with Crippen molar-refractivity contribution >= 4 is 23.6 Å². The molecule has 0 radical (unpaired) electrons. The maximum atomic E-state index is 12.2. The lowest BCUT2D eigenvalue weighted by molar-refractivity contribution is -0.126. The van der Waals surface area contributed by atoms with E-state index in [4.69, 9.17) is 4.74 Å². The summed E-state index contributed by atoms with van der Waals surface area (Å²) in [5.74, 6) is -0.158. The van der Waals surface area contributed by atoms with Crippen LogP contribution in [0.3, 0.4) is 0 Å². The summed E-state index contributed by atoms with van der Waals surface area (Å²) >= 11 is 0. The van der Waals surface area contributed by atoms with Crippen molar-refractivity contribution in [2.45, 2.75) is 66.0 Å². The van der Waals surface area contributed by atoms with Crippen molar-refractivity contribution in [3.05, 3.63) is 29.8 Å². The van der Waals surface area contributed by atoms with Gasteiger partial charge < -0.3 is 20.7 Å². The van der Waals surface area contributed by atoms with Crippen LogP contribution >= 0.6 is 0 Å². The summed E-state index contributed by atoms with van der Waals surface area (Å²) in [5, 5.41) is 8.19. The number of nitrogens with one attached hydrogen (secondary N) is 3. The number of hydrogen-bond donors (Lipinski definition) is 3. The third-order valence-electron chi connectivity index (χ3n) is 3.67. The van der Waals surface area contributed by atoms with Crippen LogP contribution in [-0.4, -0.2) is 36.1 Å². The number of carbonyl (C=O) groups is 3. The van der Waals surface area contributed by atoms with Gasteiger partial charge in [0.05, 0.1) is 0 Å². The summed E-state index contributed by atoms with van der Waals surface area (Å²) in [6.07, 6.45) is 0.601. The van der Waals surface area contributed by atoms with E-state index in [1.165, 1.54) is 0 Å². The lowest BCUT2D eigenvalue weighted by atomic mass is 10.1. The van der Waals surface area contributed by atoms with Crippen molar-refractivity contribution in [1.82, 2.24) is 10.6 Å². The Morgan fingerprint density at radius 1 is 1.04 bits per heavy atom. The molecule has 28 heavy (non-hydrogen) atoms. The maximum Gasteiger partial charge on any atom is 0.407 e. The fourth-order valence-corrected chi connectivity index (χ4v) is 2.37. The van der Waals surface area contributed by atoms with Gasteiger partial charge in [0.15, 0.2) is 0 Å². The molecule has 0 aromatic heterocycles. The average molecular weight is 392 g/mol. The van der Waals surface area contributed by atoms with Gasteiger partial charge in [-0.3, -0.25) is 9.59 Å². The first-order valence-electron chi connectivity index (χ1n) is 9.62. The van der Waals surface area contributed by atoms with Gasteiger partial charge in [-0.15, -0.1) is 0 Å². The molecular weight excluding hydrogens is 358 g/mol. The molecule has 156 valence electrons. The SMILES string of the molecule is CC(C)CC(=O)NC(C)C(=O)Nc1ccc(CCNC(=O)OC(C)(C)C)cc1. The van der Waals surface area contributed by atoms with Crippen LogP contribution in [0.2, 0.25) is 0 Å². The predicted molar refractivity (Wildman–Crippen MR) is 110 cm³/mol. The van der Waals surface area contributed by atoms with Crippen molar-refractivity contribution in [1.29, 1.82) is 0 Å². The van der Waals surface area contributed by atoms with E-state index >= 15 is 0 Å². The Bertz CT molecular complexity index is 663. The zero-order chi connectivity index (χ0) is 21.3. The van der Waals surface area contributed by atoms with Gasteiger partial charge in [0.2, 0.25) is 11.8 Å². The highest BCUT2D eigenvalue weighted by Gasteiger charge is 2.17. The van der Waals surface area contributed by atoms with Crippen LogP contribution in [0.25, 0.3) is 0 Å². The zero-order valence-corrected chi connectivity index (χ0v) is 17.7. The highest BCUT2D eigenvalue weighted by molar-refractivity contribution is 5.96. The molecule has 1 aromatic rings. The first kappa shape index (κ1) is 23.5. The number of ether oxygens (including phenoxy) is 1. The first-order valence-corrected chi connectivity index (χ1v) is 9.62. The summed E-state index contributed by atoms with van der Waals surface area (Å²) in [5.41, 5.74) is 1.15. The summed E-state index contributed by atoms with van der Waals surface area (Å²) in [6, 6.07) is 6.75. The number of amides is 3. The van der Waals surface area contributed by atoms with Gasteiger partial charge in [-0.1, -0.05) is 26.0 Å². The summed E-state index contributed by atoms with van der Waals surface area (Å²) in [4.78, 5) is 35.6. The largest absolute Gasteiger partial charge is 0.444 e. The molecule has 0 bridgehead atoms. The van der Waals surface area contributed by atoms with Gasteiger partial charge in [0.25, 0.3) is 0 Å². The molecule has 0 saturated heterocycles. The Morgan fingerprint density at radius 2 is 1.64 bits per heavy atom. The van der Waals surface area contributed by atoms with Crippen molar-refractivity contribution in [3.63, 3.8) is 0 Å². The topological polar surface area (TPSA) is 96.5 Å². The van der Waals surface area contributed by atoms with E-state index in [9.17, 15) is 14.4 Å². The minimum atomic E-state index is -0.607. The molecule has 0 saturated carbocycles. The van der Waals surface area contributed by atoms with Crippen molar-refractivity contribution in [2.75, 3.05) is 11.9 Å². The molecule has 3 amide bonds. The highest BCUT2D eigenvalue weighted by atomic mass is 16.6. The summed E-state index contributed by atoms with van der Waals surface area (Å²) < 4.78 is 5.18. The fraction of sp³-hybridized carbons (Fsp3) is 0.571. The highest BCUT2D eigenvalue weighted by Crippen LogP contribution is 2.11. The van der Waals surface area contributed by atoms with Crippen molar-refractivity contribution < 1.29 is 19.1 Å². The quantitative estimate of drug-likeness (QED) is 0.634. The third-order valence-corrected chi connectivity index (χ3v) is 3.67. The molecular formula is C21H33N3O4. The molecule has 1 atom stereocenters. The summed E-state index contributed by atoms with van der Waals surface area (Å²) in [7, 11) is 0. The molecule has 7 nitrogen and oxygen atoms in total. The zero-order valence-electron chi connectivity index (χ0n) is 17.7. The van der Waals surface area contributed by atoms with Gasteiger partial charge in [-0.25, -0.2) is 4.79 Å². The van der Waals surface area contributed by atoms with Crippen LogP contribution < -0.4 is 16.0 Å². The third kappa shape index (κ3) is 9.94. The second kappa shape index (κ2) is 10.7. The number of anilines is 1. The Labute approximate surface area is 167 Å². The molecule has 0 aliphatic heterocycles. The molecule has 3 N–H and O–H groups in total. The maximum absolute atomic E-state index is 12.2. The van der Waals surface area contributed by atoms with Crippen LogP contribution in [0.15, 0.2) is 24.3 Å². The second-order valence-electron chi connectivity index (χ2n) is 8.25. The lowest BCUT2D eigenvalue weighted by Gasteiger charge is -2.19. The van der Waals surface area contributed by atoms with E-state index in [-0.39, 0.29) is 17.7 Å². The Hall–Kier alpha value is -2.57.